The van der Waals surface area contributed by atoms with Crippen molar-refractivity contribution in [3.63, 3.8) is 0 Å². The minimum atomic E-state index is -1.05. The first kappa shape index (κ1) is 15.0. The number of carboxylic acid groups (broad SMARTS) is 1. The van der Waals surface area contributed by atoms with Crippen LogP contribution < -0.4 is 0 Å². The fourth-order valence-electron chi connectivity index (χ4n) is 2.22. The lowest BCUT2D eigenvalue weighted by atomic mass is 9.79. The lowest BCUT2D eigenvalue weighted by Crippen LogP contribution is -2.47. The van der Waals surface area contributed by atoms with E-state index in [0.717, 1.165) is 6.42 Å². The van der Waals surface area contributed by atoms with Gasteiger partial charge in [0.25, 0.3) is 0 Å². The third kappa shape index (κ3) is 3.70. The van der Waals surface area contributed by atoms with E-state index in [-0.39, 0.29) is 12.0 Å². The number of hydrogen-bond donors (Lipinski definition) is 1. The van der Waals surface area contributed by atoms with Crippen LogP contribution >= 0.6 is 0 Å². The molecule has 18 heavy (non-hydrogen) atoms. The molecule has 0 radical (unpaired) electrons. The van der Waals surface area contributed by atoms with E-state index in [2.05, 4.69) is 0 Å². The maximum absolute atomic E-state index is 12.4. The van der Waals surface area contributed by atoms with Crippen LogP contribution in [0.2, 0.25) is 0 Å². The number of hydrogen-bond acceptors (Lipinski definition) is 3. The molecule has 5 heteroatoms. The van der Waals surface area contributed by atoms with Crippen molar-refractivity contribution < 1.29 is 19.4 Å². The van der Waals surface area contributed by atoms with Crippen LogP contribution in [0.1, 0.15) is 34.1 Å². The van der Waals surface area contributed by atoms with Gasteiger partial charge in [0.05, 0.1) is 6.10 Å². The van der Waals surface area contributed by atoms with E-state index in [1.807, 2.05) is 6.92 Å². The average Bonchev–Trinajstić information content (AvgIpc) is 2.39. The van der Waals surface area contributed by atoms with E-state index in [1.165, 1.54) is 0 Å². The topological polar surface area (TPSA) is 66.8 Å². The van der Waals surface area contributed by atoms with Crippen LogP contribution in [0.25, 0.3) is 0 Å². The molecule has 1 aliphatic rings. The zero-order valence-corrected chi connectivity index (χ0v) is 11.6. The third-order valence-electron chi connectivity index (χ3n) is 3.12. The summed E-state index contributed by atoms with van der Waals surface area (Å²) in [6, 6.07) is 0. The summed E-state index contributed by atoms with van der Waals surface area (Å²) in [7, 11) is 0. The van der Waals surface area contributed by atoms with Gasteiger partial charge in [0.2, 0.25) is 5.91 Å². The second kappa shape index (κ2) is 5.69. The largest absolute Gasteiger partial charge is 0.481 e. The summed E-state index contributed by atoms with van der Waals surface area (Å²) in [6.45, 7) is 8.91. The Hall–Kier alpha value is -1.10. The molecule has 1 N–H and O–H groups in total. The standard InChI is InChI=1S/C13H23NO4/c1-9-8-14(6-5-7-18-9)11(15)10(12(16)17)13(2,3)4/h9-10H,5-8H2,1-4H3,(H,16,17). The minimum Gasteiger partial charge on any atom is -0.481 e. The molecule has 0 aromatic rings. The maximum Gasteiger partial charge on any atom is 0.316 e. The summed E-state index contributed by atoms with van der Waals surface area (Å²) in [6.07, 6.45) is 0.720. The van der Waals surface area contributed by atoms with Gasteiger partial charge >= 0.3 is 5.97 Å². The molecular formula is C13H23NO4. The van der Waals surface area contributed by atoms with Crippen LogP contribution in [-0.4, -0.2) is 47.7 Å². The first-order valence-corrected chi connectivity index (χ1v) is 6.36. The maximum atomic E-state index is 12.4. The van der Waals surface area contributed by atoms with Crippen LogP contribution in [-0.2, 0) is 14.3 Å². The lowest BCUT2D eigenvalue weighted by molar-refractivity contribution is -0.156. The molecular weight excluding hydrogens is 234 g/mol. The average molecular weight is 257 g/mol. The Balaban J connectivity index is 2.85. The van der Waals surface area contributed by atoms with E-state index in [0.29, 0.717) is 19.7 Å². The molecule has 2 unspecified atom stereocenters. The second-order valence-electron chi connectivity index (χ2n) is 5.96. The Kier molecular flexibility index (Phi) is 4.73. The van der Waals surface area contributed by atoms with Gasteiger partial charge in [0, 0.05) is 19.7 Å². The van der Waals surface area contributed by atoms with Gasteiger partial charge in [-0.3, -0.25) is 9.59 Å². The molecule has 2 atom stereocenters. The number of carbonyl (C=O) groups is 2. The van der Waals surface area contributed by atoms with Crippen molar-refractivity contribution >= 4 is 11.9 Å². The van der Waals surface area contributed by atoms with Gasteiger partial charge in [-0.25, -0.2) is 0 Å². The highest BCUT2D eigenvalue weighted by atomic mass is 16.5. The van der Waals surface area contributed by atoms with Crippen LogP contribution in [0.15, 0.2) is 0 Å². The van der Waals surface area contributed by atoms with Crippen molar-refractivity contribution in [3.8, 4) is 0 Å². The number of carbonyl (C=O) groups excluding carboxylic acids is 1. The smallest absolute Gasteiger partial charge is 0.316 e. The van der Waals surface area contributed by atoms with Crippen molar-refractivity contribution in [2.75, 3.05) is 19.7 Å². The molecule has 1 amide bonds. The predicted molar refractivity (Wildman–Crippen MR) is 67.2 cm³/mol. The number of nitrogens with zero attached hydrogens (tertiary/aromatic N) is 1. The summed E-state index contributed by atoms with van der Waals surface area (Å²) in [5, 5.41) is 9.27. The van der Waals surface area contributed by atoms with Crippen molar-refractivity contribution in [2.45, 2.75) is 40.2 Å². The van der Waals surface area contributed by atoms with Crippen molar-refractivity contribution in [1.29, 1.82) is 0 Å². The molecule has 1 aliphatic heterocycles. The van der Waals surface area contributed by atoms with Crippen molar-refractivity contribution in [3.05, 3.63) is 0 Å². The Morgan fingerprint density at radius 2 is 2.00 bits per heavy atom. The Labute approximate surface area is 108 Å². The second-order valence-corrected chi connectivity index (χ2v) is 5.96. The molecule has 0 aromatic heterocycles. The molecule has 104 valence electrons. The Bertz CT molecular complexity index is 321. The number of rotatable bonds is 2. The van der Waals surface area contributed by atoms with Gasteiger partial charge in [-0.15, -0.1) is 0 Å². The molecule has 1 heterocycles. The number of amides is 1. The minimum absolute atomic E-state index is 0.0362. The van der Waals surface area contributed by atoms with Gasteiger partial charge in [-0.1, -0.05) is 20.8 Å². The molecule has 1 rings (SSSR count). The summed E-state index contributed by atoms with van der Waals surface area (Å²) < 4.78 is 5.47. The fraction of sp³-hybridized carbons (Fsp3) is 0.846. The van der Waals surface area contributed by atoms with E-state index >= 15 is 0 Å². The van der Waals surface area contributed by atoms with Gasteiger partial charge in [0.15, 0.2) is 0 Å². The quantitative estimate of drug-likeness (QED) is 0.759. The number of aliphatic carboxylic acids is 1. The Morgan fingerprint density at radius 1 is 1.39 bits per heavy atom. The van der Waals surface area contributed by atoms with E-state index in [4.69, 9.17) is 4.74 Å². The molecule has 0 spiro atoms. The van der Waals surface area contributed by atoms with Gasteiger partial charge in [0.1, 0.15) is 5.92 Å². The molecule has 0 bridgehead atoms. The highest BCUT2D eigenvalue weighted by Gasteiger charge is 2.40. The van der Waals surface area contributed by atoms with Gasteiger partial charge < -0.3 is 14.7 Å². The molecule has 0 aromatic carbocycles. The van der Waals surface area contributed by atoms with Crippen LogP contribution in [0.4, 0.5) is 0 Å². The monoisotopic (exact) mass is 257 g/mol. The van der Waals surface area contributed by atoms with Crippen LogP contribution in [0.3, 0.4) is 0 Å². The zero-order chi connectivity index (χ0) is 13.9. The number of ether oxygens (including phenoxy) is 1. The third-order valence-corrected chi connectivity index (χ3v) is 3.12. The summed E-state index contributed by atoms with van der Waals surface area (Å²) >= 11 is 0. The molecule has 1 saturated heterocycles. The highest BCUT2D eigenvalue weighted by Crippen LogP contribution is 2.28. The highest BCUT2D eigenvalue weighted by molar-refractivity contribution is 5.97. The first-order valence-electron chi connectivity index (χ1n) is 6.36. The van der Waals surface area contributed by atoms with Crippen molar-refractivity contribution in [2.24, 2.45) is 11.3 Å². The Morgan fingerprint density at radius 3 is 2.50 bits per heavy atom. The first-order chi connectivity index (χ1) is 8.23. The SMILES string of the molecule is CC1CN(C(=O)C(C(=O)O)C(C)(C)C)CCCO1. The normalized spacial score (nSPS) is 23.3. The summed E-state index contributed by atoms with van der Waals surface area (Å²) in [5.74, 6) is -2.35. The summed E-state index contributed by atoms with van der Waals surface area (Å²) in [5.41, 5.74) is -0.584. The van der Waals surface area contributed by atoms with Crippen LogP contribution in [0.5, 0.6) is 0 Å². The van der Waals surface area contributed by atoms with Crippen molar-refractivity contribution in [1.82, 2.24) is 4.90 Å². The zero-order valence-electron chi connectivity index (χ0n) is 11.6. The van der Waals surface area contributed by atoms with Crippen LogP contribution in [0, 0.1) is 11.3 Å². The molecule has 1 fully saturated rings. The lowest BCUT2D eigenvalue weighted by Gasteiger charge is -2.31. The van der Waals surface area contributed by atoms with Gasteiger partial charge in [-0.05, 0) is 18.8 Å². The van der Waals surface area contributed by atoms with E-state index in [1.54, 1.807) is 25.7 Å². The predicted octanol–water partition coefficient (Wildman–Crippen LogP) is 1.37. The van der Waals surface area contributed by atoms with E-state index in [9.17, 15) is 14.7 Å². The molecule has 5 nitrogen and oxygen atoms in total. The molecule has 0 saturated carbocycles. The fourth-order valence-corrected chi connectivity index (χ4v) is 2.22. The number of carboxylic acids is 1. The van der Waals surface area contributed by atoms with Gasteiger partial charge in [-0.2, -0.15) is 0 Å². The summed E-state index contributed by atoms with van der Waals surface area (Å²) in [4.78, 5) is 25.3. The van der Waals surface area contributed by atoms with E-state index < -0.39 is 17.3 Å². The molecule has 0 aliphatic carbocycles.